The van der Waals surface area contributed by atoms with Gasteiger partial charge in [0.1, 0.15) is 11.6 Å². The summed E-state index contributed by atoms with van der Waals surface area (Å²) < 4.78 is 10.7. The SMILES string of the molecule is CC[C@@H](c1ncc(-c2ccc(-c3ccc(-c4cnc([C@@H]5CCCN5)[nH]4)cc3)cc2)[nH]1)N(CC)C(=O)[C@@H](NC1OCO1)C(C)C. The molecule has 2 aliphatic rings. The fourth-order valence-electron chi connectivity index (χ4n) is 6.11. The number of likely N-dealkylation sites (N-methyl/N-ethyl adjacent to an activating group) is 1. The van der Waals surface area contributed by atoms with Gasteiger partial charge in [-0.05, 0) is 60.9 Å². The predicted molar refractivity (Wildman–Crippen MR) is 170 cm³/mol. The number of H-pyrrole nitrogens is 2. The summed E-state index contributed by atoms with van der Waals surface area (Å²) in [5.74, 6) is 1.88. The summed E-state index contributed by atoms with van der Waals surface area (Å²) in [6.45, 7) is 10.0. The molecule has 0 radical (unpaired) electrons. The van der Waals surface area contributed by atoms with Gasteiger partial charge < -0.3 is 29.7 Å². The topological polar surface area (TPSA) is 120 Å². The fourth-order valence-corrected chi connectivity index (χ4v) is 6.11. The lowest BCUT2D eigenvalue weighted by Crippen LogP contribution is -2.57. The first-order valence-corrected chi connectivity index (χ1v) is 15.8. The van der Waals surface area contributed by atoms with E-state index in [1.54, 1.807) is 0 Å². The number of imidazole rings is 2. The summed E-state index contributed by atoms with van der Waals surface area (Å²) >= 11 is 0. The molecule has 0 spiro atoms. The molecule has 1 amide bonds. The van der Waals surface area contributed by atoms with Gasteiger partial charge in [0.15, 0.2) is 6.79 Å². The molecule has 0 bridgehead atoms. The van der Waals surface area contributed by atoms with E-state index in [0.717, 1.165) is 64.7 Å². The van der Waals surface area contributed by atoms with Gasteiger partial charge in [-0.1, -0.05) is 69.3 Å². The van der Waals surface area contributed by atoms with Crippen molar-refractivity contribution in [3.63, 3.8) is 0 Å². The molecule has 4 heterocycles. The minimum atomic E-state index is -0.537. The normalized spacial score (nSPS) is 18.3. The third-order valence-electron chi connectivity index (χ3n) is 8.70. The summed E-state index contributed by atoms with van der Waals surface area (Å²) in [6, 6.07) is 16.8. The van der Waals surface area contributed by atoms with Gasteiger partial charge in [-0.25, -0.2) is 9.97 Å². The molecule has 2 aromatic carbocycles. The Morgan fingerprint density at radius 2 is 1.55 bits per heavy atom. The van der Waals surface area contributed by atoms with E-state index in [1.807, 2.05) is 38.1 Å². The van der Waals surface area contributed by atoms with E-state index >= 15 is 0 Å². The van der Waals surface area contributed by atoms with Crippen LogP contribution in [0.5, 0.6) is 0 Å². The second kappa shape index (κ2) is 13.4. The highest BCUT2D eigenvalue weighted by atomic mass is 16.9. The number of nitrogens with zero attached hydrogens (tertiary/aromatic N) is 3. The Morgan fingerprint density at radius 1 is 0.932 bits per heavy atom. The van der Waals surface area contributed by atoms with Crippen molar-refractivity contribution in [2.24, 2.45) is 5.92 Å². The van der Waals surface area contributed by atoms with E-state index in [9.17, 15) is 4.79 Å². The lowest BCUT2D eigenvalue weighted by molar-refractivity contribution is -0.335. The maximum Gasteiger partial charge on any atom is 0.240 e. The molecule has 0 aliphatic carbocycles. The lowest BCUT2D eigenvalue weighted by atomic mass is 10.0. The van der Waals surface area contributed by atoms with Crippen LogP contribution in [0.1, 0.15) is 70.7 Å². The number of carbonyl (C=O) groups excluding carboxylic acids is 1. The first-order chi connectivity index (χ1) is 21.4. The van der Waals surface area contributed by atoms with Crippen LogP contribution in [-0.2, 0) is 14.3 Å². The van der Waals surface area contributed by atoms with E-state index in [2.05, 4.69) is 81.0 Å². The molecular weight excluding hydrogens is 554 g/mol. The molecule has 4 N–H and O–H groups in total. The van der Waals surface area contributed by atoms with Gasteiger partial charge in [0.05, 0.1) is 41.9 Å². The standard InChI is InChI=1S/C34H43N7O3/c1-5-29(41(6-2)33(42)30(21(3)4)40-34-43-20-44-34)32-37-19-28(39-32)25-15-11-23(12-16-25)22-9-13-24(14-10-22)27-18-36-31(38-27)26-8-7-17-35-26/h9-16,18-19,21,26,29-30,34-35,40H,5-8,17,20H2,1-4H3,(H,36,38)(H,37,39)/t26-,29-,30-/m0/s1. The van der Waals surface area contributed by atoms with Crippen LogP contribution in [0.3, 0.4) is 0 Å². The number of benzene rings is 2. The van der Waals surface area contributed by atoms with Gasteiger partial charge >= 0.3 is 0 Å². The molecule has 232 valence electrons. The van der Waals surface area contributed by atoms with Crippen LogP contribution >= 0.6 is 0 Å². The largest absolute Gasteiger partial charge is 0.341 e. The smallest absolute Gasteiger partial charge is 0.240 e. The monoisotopic (exact) mass is 597 g/mol. The summed E-state index contributed by atoms with van der Waals surface area (Å²) in [5, 5.41) is 6.69. The highest BCUT2D eigenvalue weighted by Gasteiger charge is 2.35. The molecule has 10 nitrogen and oxygen atoms in total. The Morgan fingerprint density at radius 3 is 2.07 bits per heavy atom. The molecule has 6 rings (SSSR count). The molecule has 3 atom stereocenters. The van der Waals surface area contributed by atoms with Gasteiger partial charge in [-0.15, -0.1) is 0 Å². The van der Waals surface area contributed by atoms with Gasteiger partial charge in [0.25, 0.3) is 0 Å². The average Bonchev–Trinajstić information content (AvgIpc) is 3.81. The maximum atomic E-state index is 13.7. The Balaban J connectivity index is 1.13. The second-order valence-electron chi connectivity index (χ2n) is 11.9. The average molecular weight is 598 g/mol. The van der Waals surface area contributed by atoms with Gasteiger partial charge in [-0.3, -0.25) is 10.1 Å². The van der Waals surface area contributed by atoms with Crippen molar-refractivity contribution in [3.8, 4) is 33.6 Å². The molecule has 0 saturated carbocycles. The summed E-state index contributed by atoms with van der Waals surface area (Å²) in [7, 11) is 0. The Bertz CT molecular complexity index is 1520. The lowest BCUT2D eigenvalue weighted by Gasteiger charge is -2.37. The minimum absolute atomic E-state index is 0.0144. The van der Waals surface area contributed by atoms with Crippen molar-refractivity contribution in [3.05, 3.63) is 72.6 Å². The molecule has 44 heavy (non-hydrogen) atoms. The maximum absolute atomic E-state index is 13.7. The van der Waals surface area contributed by atoms with Crippen LogP contribution < -0.4 is 10.6 Å². The summed E-state index contributed by atoms with van der Waals surface area (Å²) in [6.07, 6.45) is 6.30. The van der Waals surface area contributed by atoms with Gasteiger partial charge in [0, 0.05) is 6.54 Å². The predicted octanol–water partition coefficient (Wildman–Crippen LogP) is 5.76. The van der Waals surface area contributed by atoms with Crippen LogP contribution in [-0.4, -0.2) is 63.1 Å². The number of rotatable bonds is 12. The number of aromatic nitrogens is 4. The minimum Gasteiger partial charge on any atom is -0.341 e. The molecule has 4 aromatic rings. The molecular formula is C34H43N7O3. The third-order valence-corrected chi connectivity index (χ3v) is 8.70. The van der Waals surface area contributed by atoms with Crippen LogP contribution in [0.25, 0.3) is 33.6 Å². The molecule has 2 saturated heterocycles. The number of nitrogens with one attached hydrogen (secondary N) is 4. The number of ether oxygens (including phenoxy) is 2. The second-order valence-corrected chi connectivity index (χ2v) is 11.9. The quantitative estimate of drug-likeness (QED) is 0.164. The van der Waals surface area contributed by atoms with Crippen LogP contribution in [0.15, 0.2) is 60.9 Å². The van der Waals surface area contributed by atoms with Gasteiger partial charge in [-0.2, -0.15) is 0 Å². The van der Waals surface area contributed by atoms with Crippen molar-refractivity contribution in [2.75, 3.05) is 19.9 Å². The van der Waals surface area contributed by atoms with Crippen molar-refractivity contribution in [1.29, 1.82) is 0 Å². The van der Waals surface area contributed by atoms with E-state index in [4.69, 9.17) is 14.5 Å². The Kier molecular flexibility index (Phi) is 9.22. The van der Waals surface area contributed by atoms with Crippen molar-refractivity contribution in [2.45, 2.75) is 71.5 Å². The molecule has 10 heteroatoms. The number of hydrogen-bond acceptors (Lipinski definition) is 7. The van der Waals surface area contributed by atoms with Crippen molar-refractivity contribution >= 4 is 5.91 Å². The Labute approximate surface area is 259 Å². The summed E-state index contributed by atoms with van der Waals surface area (Å²) in [4.78, 5) is 31.9. The van der Waals surface area contributed by atoms with Gasteiger partial charge in [0.2, 0.25) is 12.3 Å². The fraction of sp³-hybridized carbons (Fsp3) is 0.441. The number of hydrogen-bond donors (Lipinski definition) is 4. The number of aromatic amines is 2. The molecule has 2 fully saturated rings. The van der Waals surface area contributed by atoms with E-state index < -0.39 is 12.5 Å². The first-order valence-electron chi connectivity index (χ1n) is 15.8. The van der Waals surface area contributed by atoms with E-state index in [0.29, 0.717) is 12.6 Å². The Hall–Kier alpha value is -3.83. The van der Waals surface area contributed by atoms with Crippen molar-refractivity contribution < 1.29 is 14.3 Å². The van der Waals surface area contributed by atoms with Crippen molar-refractivity contribution in [1.82, 2.24) is 35.5 Å². The number of amides is 1. The zero-order valence-electron chi connectivity index (χ0n) is 26.0. The highest BCUT2D eigenvalue weighted by molar-refractivity contribution is 5.82. The molecule has 2 aliphatic heterocycles. The van der Waals surface area contributed by atoms with Crippen LogP contribution in [0.2, 0.25) is 0 Å². The van der Waals surface area contributed by atoms with Crippen LogP contribution in [0, 0.1) is 5.92 Å². The summed E-state index contributed by atoms with van der Waals surface area (Å²) in [5.41, 5.74) is 6.41. The van der Waals surface area contributed by atoms with E-state index in [1.165, 1.54) is 6.42 Å². The molecule has 2 aromatic heterocycles. The van der Waals surface area contributed by atoms with Crippen LogP contribution in [0.4, 0.5) is 0 Å². The highest BCUT2D eigenvalue weighted by Crippen LogP contribution is 2.30. The first kappa shape index (κ1) is 30.2. The zero-order valence-corrected chi connectivity index (χ0v) is 26.0. The van der Waals surface area contributed by atoms with E-state index in [-0.39, 0.29) is 24.7 Å². The molecule has 0 unspecified atom stereocenters. The third kappa shape index (κ3) is 6.34. The number of carbonyl (C=O) groups is 1. The zero-order chi connectivity index (χ0) is 30.6.